The van der Waals surface area contributed by atoms with Gasteiger partial charge in [0.15, 0.2) is 0 Å². The van der Waals surface area contributed by atoms with Gasteiger partial charge in [-0.15, -0.1) is 0 Å². The lowest BCUT2D eigenvalue weighted by Gasteiger charge is -2.16. The Morgan fingerprint density at radius 3 is 2.88 bits per heavy atom. The first-order valence-corrected chi connectivity index (χ1v) is 8.97. The van der Waals surface area contributed by atoms with Crippen LogP contribution in [0, 0.1) is 12.8 Å². The Labute approximate surface area is 153 Å². The first kappa shape index (κ1) is 17.0. The van der Waals surface area contributed by atoms with Crippen LogP contribution >= 0.6 is 0 Å². The van der Waals surface area contributed by atoms with Crippen molar-refractivity contribution >= 4 is 0 Å². The first-order valence-electron chi connectivity index (χ1n) is 8.97. The van der Waals surface area contributed by atoms with Crippen LogP contribution in [0.4, 0.5) is 0 Å². The number of nitrogens with zero attached hydrogens (tertiary/aromatic N) is 4. The smallest absolute Gasteiger partial charge is 0.137 e. The van der Waals surface area contributed by atoms with Crippen molar-refractivity contribution in [2.24, 2.45) is 5.92 Å². The Morgan fingerprint density at radius 1 is 1.23 bits per heavy atom. The van der Waals surface area contributed by atoms with Crippen LogP contribution < -0.4 is 0 Å². The summed E-state index contributed by atoms with van der Waals surface area (Å²) in [6.45, 7) is 4.78. The zero-order chi connectivity index (χ0) is 17.9. The van der Waals surface area contributed by atoms with Crippen LogP contribution in [-0.4, -0.2) is 46.1 Å². The molecule has 0 unspecified atom stereocenters. The average Bonchev–Trinajstić information content (AvgIpc) is 3.37. The number of aryl methyl sites for hydroxylation is 1. The predicted molar refractivity (Wildman–Crippen MR) is 98.1 cm³/mol. The molecule has 6 heteroatoms. The van der Waals surface area contributed by atoms with Gasteiger partial charge in [0.05, 0.1) is 17.5 Å². The summed E-state index contributed by atoms with van der Waals surface area (Å²) in [6.07, 6.45) is 4.84. The SMILES string of the molecule is CO[C@H]1CN(Cc2cccc(-n3cccn3)c2)C[C@H]1Cc1cc(C)no1. The molecule has 0 spiro atoms. The van der Waals surface area contributed by atoms with E-state index >= 15 is 0 Å². The molecule has 0 radical (unpaired) electrons. The van der Waals surface area contributed by atoms with Crippen molar-refractivity contribution in [2.45, 2.75) is 26.0 Å². The summed E-state index contributed by atoms with van der Waals surface area (Å²) in [5, 5.41) is 8.31. The van der Waals surface area contributed by atoms with E-state index < -0.39 is 0 Å². The topological polar surface area (TPSA) is 56.3 Å². The number of aromatic nitrogens is 3. The Kier molecular flexibility index (Phi) is 4.86. The minimum Gasteiger partial charge on any atom is -0.380 e. The number of hydrogen-bond acceptors (Lipinski definition) is 5. The average molecular weight is 352 g/mol. The summed E-state index contributed by atoms with van der Waals surface area (Å²) in [5.74, 6) is 1.36. The quantitative estimate of drug-likeness (QED) is 0.683. The lowest BCUT2D eigenvalue weighted by Crippen LogP contribution is -2.23. The summed E-state index contributed by atoms with van der Waals surface area (Å²) < 4.78 is 13.0. The zero-order valence-electron chi connectivity index (χ0n) is 15.2. The third kappa shape index (κ3) is 3.71. The molecule has 1 saturated heterocycles. The van der Waals surface area contributed by atoms with Gasteiger partial charge in [0, 0.05) is 57.5 Å². The van der Waals surface area contributed by atoms with E-state index in [0.29, 0.717) is 5.92 Å². The van der Waals surface area contributed by atoms with Crippen molar-refractivity contribution in [1.82, 2.24) is 19.8 Å². The molecule has 3 aromatic rings. The Morgan fingerprint density at radius 2 is 2.15 bits per heavy atom. The highest BCUT2D eigenvalue weighted by Crippen LogP contribution is 2.25. The normalized spacial score (nSPS) is 20.7. The molecule has 0 N–H and O–H groups in total. The Hall–Kier alpha value is -2.44. The number of likely N-dealkylation sites (tertiary alicyclic amines) is 1. The van der Waals surface area contributed by atoms with Gasteiger partial charge in [0.25, 0.3) is 0 Å². The van der Waals surface area contributed by atoms with Gasteiger partial charge in [-0.2, -0.15) is 5.10 Å². The second kappa shape index (κ2) is 7.43. The highest BCUT2D eigenvalue weighted by atomic mass is 16.5. The van der Waals surface area contributed by atoms with Crippen molar-refractivity contribution in [3.8, 4) is 5.69 Å². The van der Waals surface area contributed by atoms with Crippen molar-refractivity contribution in [3.63, 3.8) is 0 Å². The molecule has 1 aliphatic heterocycles. The molecular weight excluding hydrogens is 328 g/mol. The first-order chi connectivity index (χ1) is 12.7. The molecule has 3 heterocycles. The van der Waals surface area contributed by atoms with Gasteiger partial charge in [-0.25, -0.2) is 4.68 Å². The van der Waals surface area contributed by atoms with Gasteiger partial charge in [-0.1, -0.05) is 17.3 Å². The molecule has 2 atom stereocenters. The number of methoxy groups -OCH3 is 1. The highest BCUT2D eigenvalue weighted by Gasteiger charge is 2.33. The standard InChI is InChI=1S/C20H24N4O2/c1-15-9-19(26-22-15)11-17-13-23(14-20(17)25-2)12-16-5-3-6-18(10-16)24-8-4-7-21-24/h3-10,17,20H,11-14H2,1-2H3/t17-,20+/m1/s1. The van der Waals surface area contributed by atoms with Gasteiger partial charge < -0.3 is 9.26 Å². The molecule has 0 bridgehead atoms. The monoisotopic (exact) mass is 352 g/mol. The Balaban J connectivity index is 1.43. The van der Waals surface area contributed by atoms with E-state index in [0.717, 1.165) is 43.2 Å². The van der Waals surface area contributed by atoms with Crippen LogP contribution in [0.1, 0.15) is 17.0 Å². The van der Waals surface area contributed by atoms with Crippen LogP contribution in [0.15, 0.2) is 53.3 Å². The maximum absolute atomic E-state index is 5.74. The van der Waals surface area contributed by atoms with Crippen molar-refractivity contribution in [2.75, 3.05) is 20.2 Å². The van der Waals surface area contributed by atoms with Crippen LogP contribution in [0.2, 0.25) is 0 Å². The molecular formula is C20H24N4O2. The van der Waals surface area contributed by atoms with Gasteiger partial charge >= 0.3 is 0 Å². The largest absolute Gasteiger partial charge is 0.380 e. The van der Waals surface area contributed by atoms with E-state index in [1.54, 1.807) is 13.3 Å². The van der Waals surface area contributed by atoms with Crippen molar-refractivity contribution in [1.29, 1.82) is 0 Å². The summed E-state index contributed by atoms with van der Waals surface area (Å²) in [5.41, 5.74) is 3.30. The van der Waals surface area contributed by atoms with E-state index in [1.165, 1.54) is 5.56 Å². The third-order valence-electron chi connectivity index (χ3n) is 4.99. The molecule has 6 nitrogen and oxygen atoms in total. The molecule has 0 amide bonds. The number of benzene rings is 1. The molecule has 2 aromatic heterocycles. The molecule has 0 aliphatic carbocycles. The van der Waals surface area contributed by atoms with E-state index in [2.05, 4.69) is 39.4 Å². The van der Waals surface area contributed by atoms with E-state index in [-0.39, 0.29) is 6.10 Å². The minimum absolute atomic E-state index is 0.217. The van der Waals surface area contributed by atoms with E-state index in [9.17, 15) is 0 Å². The van der Waals surface area contributed by atoms with Gasteiger partial charge in [0.1, 0.15) is 5.76 Å². The minimum atomic E-state index is 0.217. The molecule has 1 aromatic carbocycles. The third-order valence-corrected chi connectivity index (χ3v) is 4.99. The van der Waals surface area contributed by atoms with Crippen LogP contribution in [0.3, 0.4) is 0 Å². The van der Waals surface area contributed by atoms with Gasteiger partial charge in [0.2, 0.25) is 0 Å². The van der Waals surface area contributed by atoms with Crippen LogP contribution in [0.25, 0.3) is 5.69 Å². The predicted octanol–water partition coefficient (Wildman–Crippen LogP) is 2.86. The van der Waals surface area contributed by atoms with Gasteiger partial charge in [-0.3, -0.25) is 4.90 Å². The second-order valence-corrected chi connectivity index (χ2v) is 6.99. The van der Waals surface area contributed by atoms with E-state index in [1.807, 2.05) is 29.9 Å². The number of rotatable bonds is 6. The lowest BCUT2D eigenvalue weighted by molar-refractivity contribution is 0.0761. The highest BCUT2D eigenvalue weighted by molar-refractivity contribution is 5.35. The fourth-order valence-electron chi connectivity index (χ4n) is 3.77. The molecule has 1 aliphatic rings. The van der Waals surface area contributed by atoms with E-state index in [4.69, 9.17) is 9.26 Å². The summed E-state index contributed by atoms with van der Waals surface area (Å²) in [7, 11) is 1.80. The number of ether oxygens (including phenoxy) is 1. The Bertz CT molecular complexity index is 843. The molecule has 1 fully saturated rings. The summed E-state index contributed by atoms with van der Waals surface area (Å²) >= 11 is 0. The van der Waals surface area contributed by atoms with Crippen molar-refractivity contribution < 1.29 is 9.26 Å². The molecule has 136 valence electrons. The van der Waals surface area contributed by atoms with Crippen LogP contribution in [-0.2, 0) is 17.7 Å². The summed E-state index contributed by atoms with van der Waals surface area (Å²) in [6, 6.07) is 12.5. The second-order valence-electron chi connectivity index (χ2n) is 6.99. The summed E-state index contributed by atoms with van der Waals surface area (Å²) in [4.78, 5) is 2.45. The fraction of sp³-hybridized carbons (Fsp3) is 0.400. The molecule has 26 heavy (non-hydrogen) atoms. The fourth-order valence-corrected chi connectivity index (χ4v) is 3.77. The lowest BCUT2D eigenvalue weighted by atomic mass is 10.0. The molecule has 0 saturated carbocycles. The van der Waals surface area contributed by atoms with Crippen LogP contribution in [0.5, 0.6) is 0 Å². The van der Waals surface area contributed by atoms with Gasteiger partial charge in [-0.05, 0) is 30.7 Å². The maximum atomic E-state index is 5.74. The maximum Gasteiger partial charge on any atom is 0.137 e. The molecule has 4 rings (SSSR count). The number of hydrogen-bond donors (Lipinski definition) is 0. The zero-order valence-corrected chi connectivity index (χ0v) is 15.2. The van der Waals surface area contributed by atoms with Crippen molar-refractivity contribution in [3.05, 3.63) is 65.8 Å².